The molecular formula is C24H24N4O2. The Bertz CT molecular complexity index is 1110. The predicted molar refractivity (Wildman–Crippen MR) is 114 cm³/mol. The van der Waals surface area contributed by atoms with Crippen molar-refractivity contribution in [3.05, 3.63) is 53.6 Å². The van der Waals surface area contributed by atoms with Crippen molar-refractivity contribution in [3.8, 4) is 22.9 Å². The lowest BCUT2D eigenvalue weighted by atomic mass is 9.70. The Kier molecular flexibility index (Phi) is 4.11. The molecule has 1 unspecified atom stereocenters. The van der Waals surface area contributed by atoms with Crippen molar-refractivity contribution in [1.29, 1.82) is 5.26 Å². The maximum Gasteiger partial charge on any atom is 0.261 e. The van der Waals surface area contributed by atoms with Crippen LogP contribution in [-0.4, -0.2) is 29.4 Å². The van der Waals surface area contributed by atoms with Crippen molar-refractivity contribution < 1.29 is 9.53 Å². The van der Waals surface area contributed by atoms with E-state index in [0.717, 1.165) is 42.4 Å². The molecule has 3 aliphatic rings. The molecule has 1 aliphatic carbocycles. The average molecular weight is 400 g/mol. The molecule has 2 spiro atoms. The van der Waals surface area contributed by atoms with Crippen LogP contribution in [0.25, 0.3) is 11.1 Å². The third-order valence-corrected chi connectivity index (χ3v) is 6.73. The van der Waals surface area contributed by atoms with Crippen molar-refractivity contribution in [1.82, 2.24) is 4.90 Å². The Balaban J connectivity index is 1.68. The summed E-state index contributed by atoms with van der Waals surface area (Å²) in [5, 5.41) is 9.25. The third-order valence-electron chi connectivity index (χ3n) is 6.73. The smallest absolute Gasteiger partial charge is 0.261 e. The second-order valence-electron chi connectivity index (χ2n) is 8.62. The summed E-state index contributed by atoms with van der Waals surface area (Å²) >= 11 is 0. The molecule has 2 heterocycles. The van der Waals surface area contributed by atoms with E-state index in [0.29, 0.717) is 17.7 Å². The number of benzene rings is 2. The van der Waals surface area contributed by atoms with Gasteiger partial charge in [0, 0.05) is 19.0 Å². The minimum absolute atomic E-state index is 0.0996. The lowest BCUT2D eigenvalue weighted by Crippen LogP contribution is -2.52. The lowest BCUT2D eigenvalue weighted by Gasteiger charge is -2.47. The van der Waals surface area contributed by atoms with E-state index in [4.69, 9.17) is 15.5 Å². The molecule has 2 aromatic carbocycles. The minimum atomic E-state index is -1.05. The van der Waals surface area contributed by atoms with Crippen molar-refractivity contribution in [2.45, 2.75) is 49.7 Å². The number of carbonyl (C=O) groups excluding carboxylic acids is 1. The summed E-state index contributed by atoms with van der Waals surface area (Å²) in [4.78, 5) is 19.7. The van der Waals surface area contributed by atoms with Gasteiger partial charge in [-0.3, -0.25) is 9.69 Å². The second-order valence-corrected chi connectivity index (χ2v) is 8.62. The number of likely N-dealkylation sites (N-methyl/N-ethyl adjacent to an activating group) is 1. The molecule has 0 saturated heterocycles. The van der Waals surface area contributed by atoms with Gasteiger partial charge in [0.15, 0.2) is 11.5 Å². The molecule has 152 valence electrons. The van der Waals surface area contributed by atoms with Gasteiger partial charge in [0.1, 0.15) is 11.4 Å². The predicted octanol–water partition coefficient (Wildman–Crippen LogP) is 3.69. The summed E-state index contributed by atoms with van der Waals surface area (Å²) < 4.78 is 6.57. The number of nitrogens with two attached hydrogens (primary N) is 1. The van der Waals surface area contributed by atoms with Crippen LogP contribution in [0.1, 0.15) is 49.7 Å². The molecule has 1 fully saturated rings. The van der Waals surface area contributed by atoms with Gasteiger partial charge < -0.3 is 10.5 Å². The van der Waals surface area contributed by atoms with E-state index < -0.39 is 5.54 Å². The normalized spacial score (nSPS) is 24.3. The largest absolute Gasteiger partial charge is 0.487 e. The first-order valence-corrected chi connectivity index (χ1v) is 10.4. The summed E-state index contributed by atoms with van der Waals surface area (Å²) in [5.74, 6) is 0.858. The molecule has 2 aromatic rings. The van der Waals surface area contributed by atoms with Crippen LogP contribution in [-0.2, 0) is 10.3 Å². The highest BCUT2D eigenvalue weighted by Crippen LogP contribution is 2.53. The molecular weight excluding hydrogens is 376 g/mol. The molecule has 0 aromatic heterocycles. The number of ether oxygens (including phenoxy) is 1. The number of guanidine groups is 1. The van der Waals surface area contributed by atoms with Crippen LogP contribution in [0.5, 0.6) is 5.75 Å². The molecule has 5 rings (SSSR count). The van der Waals surface area contributed by atoms with Crippen LogP contribution in [0.15, 0.2) is 47.5 Å². The quantitative estimate of drug-likeness (QED) is 0.790. The van der Waals surface area contributed by atoms with Crippen LogP contribution < -0.4 is 10.5 Å². The zero-order valence-electron chi connectivity index (χ0n) is 17.0. The molecule has 2 aliphatic heterocycles. The number of nitrogens with zero attached hydrogens (tertiary/aromatic N) is 3. The summed E-state index contributed by atoms with van der Waals surface area (Å²) in [5.41, 5.74) is 7.88. The number of hydrogen-bond acceptors (Lipinski definition) is 5. The van der Waals surface area contributed by atoms with Crippen molar-refractivity contribution in [2.24, 2.45) is 10.7 Å². The van der Waals surface area contributed by atoms with Gasteiger partial charge >= 0.3 is 0 Å². The fourth-order valence-corrected chi connectivity index (χ4v) is 5.19. The van der Waals surface area contributed by atoms with Crippen molar-refractivity contribution in [3.63, 3.8) is 0 Å². The standard InChI is InChI=1S/C24H24N4O2/c1-28-21(29)24(27-22(28)26)15-23(10-3-2-4-11-23)30-20-9-8-18(13-19(20)24)17-7-5-6-16(12-17)14-25/h5-9,12-13H,2-4,10-11,15H2,1H3,(H2,26,27). The Hall–Kier alpha value is -3.33. The minimum Gasteiger partial charge on any atom is -0.487 e. The Morgan fingerprint density at radius 3 is 2.60 bits per heavy atom. The highest BCUT2D eigenvalue weighted by atomic mass is 16.5. The van der Waals surface area contributed by atoms with Gasteiger partial charge in [0.25, 0.3) is 5.91 Å². The zero-order valence-corrected chi connectivity index (χ0v) is 17.0. The monoisotopic (exact) mass is 400 g/mol. The van der Waals surface area contributed by atoms with Crippen LogP contribution in [0, 0.1) is 11.3 Å². The SMILES string of the molecule is CN1C(=O)C2(CC3(CCCCC3)Oc3ccc(-c4cccc(C#N)c4)cc32)N=C1N. The topological polar surface area (TPSA) is 91.7 Å². The van der Waals surface area contributed by atoms with E-state index in [9.17, 15) is 10.1 Å². The average Bonchev–Trinajstić information content (AvgIpc) is 2.98. The van der Waals surface area contributed by atoms with Crippen LogP contribution in [0.3, 0.4) is 0 Å². The van der Waals surface area contributed by atoms with Gasteiger partial charge in [-0.05, 0) is 61.1 Å². The first kappa shape index (κ1) is 18.7. The molecule has 6 heteroatoms. The first-order chi connectivity index (χ1) is 14.5. The highest BCUT2D eigenvalue weighted by molar-refractivity contribution is 6.07. The molecule has 0 bridgehead atoms. The van der Waals surface area contributed by atoms with E-state index in [1.807, 2.05) is 36.4 Å². The molecule has 2 N–H and O–H groups in total. The van der Waals surface area contributed by atoms with Gasteiger partial charge in [0.05, 0.1) is 11.6 Å². The van der Waals surface area contributed by atoms with Crippen LogP contribution >= 0.6 is 0 Å². The summed E-state index contributed by atoms with van der Waals surface area (Å²) in [7, 11) is 1.68. The molecule has 6 nitrogen and oxygen atoms in total. The van der Waals surface area contributed by atoms with E-state index >= 15 is 0 Å². The molecule has 1 saturated carbocycles. The first-order valence-electron chi connectivity index (χ1n) is 10.4. The summed E-state index contributed by atoms with van der Waals surface area (Å²) in [6.45, 7) is 0. The van der Waals surface area contributed by atoms with Gasteiger partial charge in [-0.2, -0.15) is 5.26 Å². The number of nitriles is 1. The van der Waals surface area contributed by atoms with Gasteiger partial charge in [-0.15, -0.1) is 0 Å². The van der Waals surface area contributed by atoms with Crippen molar-refractivity contribution in [2.75, 3.05) is 7.05 Å². The van der Waals surface area contributed by atoms with E-state index in [-0.39, 0.29) is 17.5 Å². The van der Waals surface area contributed by atoms with Gasteiger partial charge in [-0.1, -0.05) is 24.6 Å². The Labute approximate surface area is 176 Å². The van der Waals surface area contributed by atoms with Crippen LogP contribution in [0.2, 0.25) is 0 Å². The molecule has 0 radical (unpaired) electrons. The summed E-state index contributed by atoms with van der Waals surface area (Å²) in [6, 6.07) is 15.5. The number of amides is 1. The fourth-order valence-electron chi connectivity index (χ4n) is 5.19. The maximum absolute atomic E-state index is 13.5. The Morgan fingerprint density at radius 2 is 1.90 bits per heavy atom. The zero-order chi connectivity index (χ0) is 20.9. The maximum atomic E-state index is 13.5. The van der Waals surface area contributed by atoms with E-state index in [1.54, 1.807) is 13.1 Å². The van der Waals surface area contributed by atoms with Crippen LogP contribution in [0.4, 0.5) is 0 Å². The number of aliphatic imine (C=N–C) groups is 1. The molecule has 1 amide bonds. The van der Waals surface area contributed by atoms with Gasteiger partial charge in [-0.25, -0.2) is 4.99 Å². The van der Waals surface area contributed by atoms with Crippen molar-refractivity contribution >= 4 is 11.9 Å². The third kappa shape index (κ3) is 2.69. The Morgan fingerprint density at radius 1 is 1.13 bits per heavy atom. The molecule has 1 atom stereocenters. The highest BCUT2D eigenvalue weighted by Gasteiger charge is 2.58. The van der Waals surface area contributed by atoms with E-state index in [2.05, 4.69) is 6.07 Å². The fraction of sp³-hybridized carbons (Fsp3) is 0.375. The number of rotatable bonds is 1. The van der Waals surface area contributed by atoms with E-state index in [1.165, 1.54) is 11.3 Å². The number of fused-ring (bicyclic) bond motifs is 2. The second kappa shape index (κ2) is 6.60. The lowest BCUT2D eigenvalue weighted by molar-refractivity contribution is -0.135. The van der Waals surface area contributed by atoms with Gasteiger partial charge in [0.2, 0.25) is 0 Å². The number of carbonyl (C=O) groups is 1. The number of hydrogen-bond donors (Lipinski definition) is 1. The molecule has 30 heavy (non-hydrogen) atoms. The summed E-state index contributed by atoms with van der Waals surface area (Å²) in [6.07, 6.45) is 5.73.